The van der Waals surface area contributed by atoms with Gasteiger partial charge in [0.1, 0.15) is 0 Å². The number of rotatable bonds is 11. The average Bonchev–Trinajstić information content (AvgIpc) is 2.84. The monoisotopic (exact) mass is 495 g/mol. The van der Waals surface area contributed by atoms with Crippen molar-refractivity contribution in [1.29, 1.82) is 0 Å². The summed E-state index contributed by atoms with van der Waals surface area (Å²) in [5.74, 6) is 0.00325. The van der Waals surface area contributed by atoms with Gasteiger partial charge < -0.3 is 11.1 Å². The lowest BCUT2D eigenvalue weighted by atomic mass is 9.99. The van der Waals surface area contributed by atoms with E-state index in [2.05, 4.69) is 34.5 Å². The highest BCUT2D eigenvalue weighted by Crippen LogP contribution is 2.33. The zero-order chi connectivity index (χ0) is 24.3. The van der Waals surface area contributed by atoms with Crippen LogP contribution in [0.1, 0.15) is 24.0 Å². The minimum atomic E-state index is -0.262. The molecule has 0 aliphatic rings. The summed E-state index contributed by atoms with van der Waals surface area (Å²) in [7, 11) is 1.97. The molecular weight excluding hydrogens is 465 g/mol. The summed E-state index contributed by atoms with van der Waals surface area (Å²) in [6.45, 7) is 1.71. The molecule has 0 aliphatic heterocycles. The van der Waals surface area contributed by atoms with Crippen LogP contribution in [0.4, 0.5) is 0 Å². The number of carbonyl (C=O) groups is 1. The number of hydrogen-bond acceptors (Lipinski definition) is 3. The quantitative estimate of drug-likeness (QED) is 0.341. The highest BCUT2D eigenvalue weighted by molar-refractivity contribution is 6.36. The Morgan fingerprint density at radius 2 is 1.76 bits per heavy atom. The van der Waals surface area contributed by atoms with Gasteiger partial charge in [-0.25, -0.2) is 0 Å². The molecule has 4 nitrogen and oxygen atoms in total. The van der Waals surface area contributed by atoms with Crippen LogP contribution in [0.25, 0.3) is 17.2 Å². The second kappa shape index (κ2) is 13.3. The summed E-state index contributed by atoms with van der Waals surface area (Å²) in [5, 5.41) is 4.28. The molecule has 178 valence electrons. The van der Waals surface area contributed by atoms with Crippen molar-refractivity contribution >= 4 is 35.2 Å². The third-order valence-corrected chi connectivity index (χ3v) is 6.26. The van der Waals surface area contributed by atoms with Crippen molar-refractivity contribution < 1.29 is 4.79 Å². The van der Waals surface area contributed by atoms with Crippen molar-refractivity contribution in [3.05, 3.63) is 100 Å². The fourth-order valence-electron chi connectivity index (χ4n) is 3.85. The van der Waals surface area contributed by atoms with Crippen LogP contribution in [0.15, 0.2) is 78.9 Å². The molecule has 34 heavy (non-hydrogen) atoms. The Bertz CT molecular complexity index is 1100. The maximum Gasteiger partial charge on any atom is 0.237 e. The van der Waals surface area contributed by atoms with Gasteiger partial charge in [0.05, 0.1) is 6.04 Å². The molecule has 0 aliphatic carbocycles. The Morgan fingerprint density at radius 3 is 2.50 bits per heavy atom. The van der Waals surface area contributed by atoms with E-state index in [1.807, 2.05) is 61.6 Å². The van der Waals surface area contributed by atoms with Gasteiger partial charge >= 0.3 is 0 Å². The smallest absolute Gasteiger partial charge is 0.237 e. The number of carbonyl (C=O) groups excluding carboxylic acids is 1. The fraction of sp³-hybridized carbons (Fsp3) is 0.250. The second-order valence-corrected chi connectivity index (χ2v) is 9.02. The molecule has 0 aromatic heterocycles. The molecule has 3 rings (SSSR count). The second-order valence-electron chi connectivity index (χ2n) is 8.18. The first-order valence-electron chi connectivity index (χ1n) is 11.4. The Kier molecular flexibility index (Phi) is 10.2. The van der Waals surface area contributed by atoms with Crippen LogP contribution in [0.5, 0.6) is 0 Å². The Labute approximate surface area is 212 Å². The largest absolute Gasteiger partial charge is 0.351 e. The summed E-state index contributed by atoms with van der Waals surface area (Å²) in [4.78, 5) is 14.9. The lowest BCUT2D eigenvalue weighted by Gasteiger charge is -2.26. The topological polar surface area (TPSA) is 58.4 Å². The summed E-state index contributed by atoms with van der Waals surface area (Å²) in [6.07, 6.45) is 5.63. The van der Waals surface area contributed by atoms with Gasteiger partial charge in [0.2, 0.25) is 5.91 Å². The van der Waals surface area contributed by atoms with E-state index in [1.165, 1.54) is 0 Å². The van der Waals surface area contributed by atoms with E-state index in [0.29, 0.717) is 29.6 Å². The first-order valence-corrected chi connectivity index (χ1v) is 12.2. The molecule has 0 spiro atoms. The van der Waals surface area contributed by atoms with Crippen LogP contribution in [0, 0.1) is 0 Å². The summed E-state index contributed by atoms with van der Waals surface area (Å²) < 4.78 is 0. The molecule has 6 heteroatoms. The molecule has 1 atom stereocenters. The molecule has 3 aromatic carbocycles. The third kappa shape index (κ3) is 7.44. The van der Waals surface area contributed by atoms with Gasteiger partial charge in [-0.2, -0.15) is 0 Å². The number of nitrogens with two attached hydrogens (primary N) is 1. The van der Waals surface area contributed by atoms with E-state index >= 15 is 0 Å². The summed E-state index contributed by atoms with van der Waals surface area (Å²) in [6, 6.07) is 23.3. The first-order chi connectivity index (χ1) is 16.5. The molecule has 3 aromatic rings. The normalized spacial score (nSPS) is 12.3. The lowest BCUT2D eigenvalue weighted by molar-refractivity contribution is -0.126. The predicted octanol–water partition coefficient (Wildman–Crippen LogP) is 6.03. The van der Waals surface area contributed by atoms with E-state index in [1.54, 1.807) is 6.07 Å². The lowest BCUT2D eigenvalue weighted by Crippen LogP contribution is -2.46. The number of benzene rings is 3. The number of hydrogen-bond donors (Lipinski definition) is 2. The number of likely N-dealkylation sites (N-methyl/N-ethyl adjacent to an activating group) is 1. The highest BCUT2D eigenvalue weighted by atomic mass is 35.5. The zero-order valence-electron chi connectivity index (χ0n) is 19.4. The fourth-order valence-corrected chi connectivity index (χ4v) is 4.36. The average molecular weight is 496 g/mol. The van der Waals surface area contributed by atoms with Crippen molar-refractivity contribution in [2.45, 2.75) is 25.4 Å². The van der Waals surface area contributed by atoms with E-state index in [9.17, 15) is 4.79 Å². The summed E-state index contributed by atoms with van der Waals surface area (Å²) >= 11 is 12.5. The van der Waals surface area contributed by atoms with Crippen molar-refractivity contribution in [2.75, 3.05) is 20.1 Å². The third-order valence-electron chi connectivity index (χ3n) is 5.71. The molecule has 0 radical (unpaired) electrons. The van der Waals surface area contributed by atoms with Gasteiger partial charge in [0, 0.05) is 28.7 Å². The number of amides is 1. The molecule has 0 saturated heterocycles. The number of nitrogens with zero attached hydrogens (tertiary/aromatic N) is 1. The molecule has 0 bridgehead atoms. The minimum absolute atomic E-state index is 0.00325. The van der Waals surface area contributed by atoms with E-state index in [0.717, 1.165) is 35.2 Å². The molecule has 3 N–H and O–H groups in total. The van der Waals surface area contributed by atoms with Crippen LogP contribution >= 0.6 is 23.2 Å². The Balaban J connectivity index is 1.60. The van der Waals surface area contributed by atoms with Crippen molar-refractivity contribution in [3.8, 4) is 11.1 Å². The maximum absolute atomic E-state index is 12.8. The van der Waals surface area contributed by atoms with Crippen molar-refractivity contribution in [3.63, 3.8) is 0 Å². The van der Waals surface area contributed by atoms with Crippen LogP contribution in [-0.4, -0.2) is 37.0 Å². The summed E-state index contributed by atoms with van der Waals surface area (Å²) in [5.41, 5.74) is 9.95. The van der Waals surface area contributed by atoms with E-state index in [-0.39, 0.29) is 11.9 Å². The van der Waals surface area contributed by atoms with Crippen LogP contribution in [-0.2, 0) is 11.3 Å². The standard InChI is InChI=1S/C28H31Cl2N3O/c1-33(27(16-17-31)28(34)32-20-21-9-3-2-4-10-21)18-8-7-12-22-11-5-6-13-24(22)25-15-14-23(29)19-26(25)30/h2-7,9-15,19,27H,8,16-18,20,31H2,1H3,(H,32,34)/b12-7+. The van der Waals surface area contributed by atoms with Gasteiger partial charge in [-0.3, -0.25) is 9.69 Å². The predicted molar refractivity (Wildman–Crippen MR) is 144 cm³/mol. The maximum atomic E-state index is 12.8. The number of halogens is 2. The van der Waals surface area contributed by atoms with E-state index in [4.69, 9.17) is 28.9 Å². The first kappa shape index (κ1) is 26.0. The SMILES string of the molecule is CN(CC/C=C/c1ccccc1-c1ccc(Cl)cc1Cl)C(CCN)C(=O)NCc1ccccc1. The molecule has 1 unspecified atom stereocenters. The van der Waals surface area contributed by atoms with Crippen molar-refractivity contribution in [1.82, 2.24) is 10.2 Å². The molecule has 0 saturated carbocycles. The van der Waals surface area contributed by atoms with Crippen molar-refractivity contribution in [2.24, 2.45) is 5.73 Å². The highest BCUT2D eigenvalue weighted by Gasteiger charge is 2.21. The molecule has 0 heterocycles. The Morgan fingerprint density at radius 1 is 1.03 bits per heavy atom. The van der Waals surface area contributed by atoms with Gasteiger partial charge in [0.15, 0.2) is 0 Å². The van der Waals surface area contributed by atoms with E-state index < -0.39 is 0 Å². The molecule has 0 fully saturated rings. The van der Waals surface area contributed by atoms with Gasteiger partial charge in [-0.1, -0.05) is 96.0 Å². The van der Waals surface area contributed by atoms with Gasteiger partial charge in [-0.15, -0.1) is 0 Å². The van der Waals surface area contributed by atoms with Gasteiger partial charge in [0.25, 0.3) is 0 Å². The Hall–Kier alpha value is -2.63. The molecule has 1 amide bonds. The minimum Gasteiger partial charge on any atom is -0.351 e. The molecular formula is C28H31Cl2N3O. The zero-order valence-corrected chi connectivity index (χ0v) is 20.9. The van der Waals surface area contributed by atoms with Crippen LogP contribution in [0.3, 0.4) is 0 Å². The number of nitrogens with one attached hydrogen (secondary N) is 1. The van der Waals surface area contributed by atoms with Crippen LogP contribution in [0.2, 0.25) is 10.0 Å². The van der Waals surface area contributed by atoms with Gasteiger partial charge in [-0.05, 0) is 55.3 Å². The van der Waals surface area contributed by atoms with Crippen LogP contribution < -0.4 is 11.1 Å².